The number of hydrogen-bond donors (Lipinski definition) is 1. The molecule has 1 atom stereocenters. The summed E-state index contributed by atoms with van der Waals surface area (Å²) in [6, 6.07) is 0. The molecule has 0 saturated heterocycles. The second kappa shape index (κ2) is 22.9. The van der Waals surface area contributed by atoms with Crippen LogP contribution in [0.15, 0.2) is 0 Å². The quantitative estimate of drug-likeness (QED) is 0.0496. The van der Waals surface area contributed by atoms with Crippen molar-refractivity contribution in [1.29, 1.82) is 0 Å². The van der Waals surface area contributed by atoms with Crippen LogP contribution in [0, 0.1) is 0 Å². The fourth-order valence-corrected chi connectivity index (χ4v) is 7.31. The van der Waals surface area contributed by atoms with E-state index in [0.29, 0.717) is 5.54 Å². The van der Waals surface area contributed by atoms with E-state index >= 15 is 0 Å². The molecule has 0 aromatic rings. The third-order valence-electron chi connectivity index (χ3n) is 6.84. The first-order valence-electron chi connectivity index (χ1n) is 14.0. The lowest BCUT2D eigenvalue weighted by atomic mass is 10.0. The summed E-state index contributed by atoms with van der Waals surface area (Å²) in [5, 5.41) is 0. The molecular weight excluding hydrogens is 498 g/mol. The molecule has 0 rings (SSSR count). The maximum Gasteiger partial charge on any atom is 0.508 e. The summed E-state index contributed by atoms with van der Waals surface area (Å²) in [7, 11) is 2.33. The summed E-state index contributed by atoms with van der Waals surface area (Å²) in [6.07, 6.45) is 22.8. The van der Waals surface area contributed by atoms with Gasteiger partial charge < -0.3 is 22.3 Å². The Hall–Kier alpha value is -0.0731. The molecule has 0 amide bonds. The monoisotopic (exact) mass is 557 g/mol. The summed E-state index contributed by atoms with van der Waals surface area (Å²) < 4.78 is 50.8. The van der Waals surface area contributed by atoms with Gasteiger partial charge in [-0.3, -0.25) is 4.55 Å². The summed E-state index contributed by atoms with van der Waals surface area (Å²) >= 11 is 0. The molecule has 0 aliphatic carbocycles. The Kier molecular flexibility index (Phi) is 24.2. The second-order valence-corrected chi connectivity index (χ2v) is 15.0. The third kappa shape index (κ3) is 24.3. The van der Waals surface area contributed by atoms with Crippen LogP contribution in [0.4, 0.5) is 0 Å². The highest BCUT2D eigenvalue weighted by Crippen LogP contribution is 2.26. The van der Waals surface area contributed by atoms with Crippen LogP contribution in [0.5, 0.6) is 0 Å². The van der Waals surface area contributed by atoms with Crippen LogP contribution in [0.25, 0.3) is 0 Å². The zero-order valence-electron chi connectivity index (χ0n) is 24.6. The van der Waals surface area contributed by atoms with Crippen molar-refractivity contribution < 1.29 is 35.3 Å². The molecule has 0 aliphatic rings. The van der Waals surface area contributed by atoms with Crippen molar-refractivity contribution in [1.82, 2.24) is 0 Å². The lowest BCUT2D eigenvalue weighted by Crippen LogP contribution is -2.53. The minimum absolute atomic E-state index is 0.295. The molecule has 0 aromatic heterocycles. The first-order chi connectivity index (χ1) is 16.9. The maximum absolute atomic E-state index is 8.63. The lowest BCUT2D eigenvalue weighted by molar-refractivity contribution is -0.890. The van der Waals surface area contributed by atoms with Crippen LogP contribution >= 0.6 is 0 Å². The van der Waals surface area contributed by atoms with Crippen molar-refractivity contribution in [2.45, 2.75) is 122 Å². The van der Waals surface area contributed by atoms with Gasteiger partial charge in [-0.25, -0.2) is 8.42 Å². The van der Waals surface area contributed by atoms with E-state index in [4.69, 9.17) is 30.8 Å². The fourth-order valence-electron chi connectivity index (χ4n) is 4.89. The Morgan fingerprint density at radius 2 is 1.00 bits per heavy atom. The number of unbranched alkanes of at least 4 members (excludes halogenated alkanes) is 15. The van der Waals surface area contributed by atoms with E-state index in [1.165, 1.54) is 109 Å². The average Bonchev–Trinajstić information content (AvgIpc) is 2.79. The topological polar surface area (TPSA) is 105 Å². The fraction of sp³-hybridized carbons (Fsp3) is 1.00. The molecule has 0 bridgehead atoms. The molecule has 1 unspecified atom stereocenters. The van der Waals surface area contributed by atoms with Gasteiger partial charge in [0.1, 0.15) is 0 Å². The molecule has 0 radical (unpaired) electrons. The van der Waals surface area contributed by atoms with Crippen molar-refractivity contribution in [3.63, 3.8) is 0 Å². The van der Waals surface area contributed by atoms with Gasteiger partial charge in [-0.1, -0.05) is 104 Å². The zero-order valence-corrected chi connectivity index (χ0v) is 26.4. The molecule has 0 aromatic carbocycles. The van der Waals surface area contributed by atoms with Crippen molar-refractivity contribution >= 4 is 19.2 Å². The van der Waals surface area contributed by atoms with Gasteiger partial charge in [0.15, 0.2) is 0 Å². The molecule has 1 N–H and O–H groups in total. The molecular formula is C26H59NO7SSi. The Balaban J connectivity index is 0. The Bertz CT molecular complexity index is 571. The summed E-state index contributed by atoms with van der Waals surface area (Å²) in [5.74, 6) is 0. The number of hydrogen-bond acceptors (Lipinski definition) is 6. The van der Waals surface area contributed by atoms with E-state index in [1.54, 1.807) is 21.3 Å². The van der Waals surface area contributed by atoms with Crippen molar-refractivity contribution in [2.24, 2.45) is 0 Å². The van der Waals surface area contributed by atoms with E-state index in [2.05, 4.69) is 27.9 Å². The van der Waals surface area contributed by atoms with Gasteiger partial charge in [0.05, 0.1) is 32.7 Å². The highest BCUT2D eigenvalue weighted by molar-refractivity contribution is 7.79. The van der Waals surface area contributed by atoms with Gasteiger partial charge in [-0.05, 0) is 12.8 Å². The first-order valence-corrected chi connectivity index (χ1v) is 17.2. The van der Waals surface area contributed by atoms with Gasteiger partial charge in [0.2, 0.25) is 10.4 Å². The molecule has 0 fully saturated rings. The second-order valence-electron chi connectivity index (χ2n) is 10.7. The third-order valence-corrected chi connectivity index (χ3v) is 9.94. The van der Waals surface area contributed by atoms with Gasteiger partial charge in [-0.15, -0.1) is 0 Å². The van der Waals surface area contributed by atoms with Crippen LogP contribution in [0.1, 0.15) is 117 Å². The van der Waals surface area contributed by atoms with Crippen LogP contribution in [-0.2, 0) is 23.7 Å². The maximum atomic E-state index is 8.63. The lowest BCUT2D eigenvalue weighted by Gasteiger charge is -2.37. The predicted octanol–water partition coefficient (Wildman–Crippen LogP) is 6.60. The molecule has 0 heterocycles. The van der Waals surface area contributed by atoms with Crippen LogP contribution in [-0.4, -0.2) is 79.3 Å². The molecule has 0 spiro atoms. The highest BCUT2D eigenvalue weighted by Gasteiger charge is 2.47. The van der Waals surface area contributed by atoms with E-state index in [0.717, 1.165) is 11.0 Å². The SMILES string of the molecule is CCCCCCCCCCCCCCCCCC[N+](C)(C)CC(C)[Si](OC)(OC)OC.O=S(=O)([O-])O. The van der Waals surface area contributed by atoms with Gasteiger partial charge >= 0.3 is 8.80 Å². The van der Waals surface area contributed by atoms with Crippen molar-refractivity contribution in [3.05, 3.63) is 0 Å². The standard InChI is InChI=1S/C26H58NO3Si.H2O4S/c1-8-9-10-11-12-13-14-15-16-17-18-19-20-21-22-23-24-27(3,4)25-26(2)31(28-5,29-6)30-7;1-5(2,3)4/h26H,8-25H2,1-7H3;(H2,1,2,3,4)/q+1;/p-1. The van der Waals surface area contributed by atoms with Crippen molar-refractivity contribution in [3.8, 4) is 0 Å². The van der Waals surface area contributed by atoms with Crippen LogP contribution < -0.4 is 0 Å². The van der Waals surface area contributed by atoms with Gasteiger partial charge in [0.25, 0.3) is 0 Å². The number of nitrogens with zero attached hydrogens (tertiary/aromatic N) is 1. The van der Waals surface area contributed by atoms with E-state index in [-0.39, 0.29) is 0 Å². The normalized spacial score (nSPS) is 13.4. The Morgan fingerprint density at radius 3 is 1.28 bits per heavy atom. The average molecular weight is 558 g/mol. The molecule has 36 heavy (non-hydrogen) atoms. The van der Waals surface area contributed by atoms with E-state index < -0.39 is 19.2 Å². The van der Waals surface area contributed by atoms with E-state index in [9.17, 15) is 0 Å². The first kappa shape index (κ1) is 38.1. The highest BCUT2D eigenvalue weighted by atomic mass is 32.3. The summed E-state index contributed by atoms with van der Waals surface area (Å²) in [4.78, 5) is 0. The zero-order chi connectivity index (χ0) is 27.9. The number of rotatable bonds is 23. The molecule has 220 valence electrons. The minimum Gasteiger partial charge on any atom is -0.726 e. The Morgan fingerprint density at radius 1 is 0.722 bits per heavy atom. The van der Waals surface area contributed by atoms with Crippen LogP contribution in [0.3, 0.4) is 0 Å². The summed E-state index contributed by atoms with van der Waals surface area (Å²) in [5.41, 5.74) is 0.295. The van der Waals surface area contributed by atoms with Crippen molar-refractivity contribution in [2.75, 3.05) is 48.5 Å². The molecule has 0 saturated carbocycles. The van der Waals surface area contributed by atoms with Gasteiger partial charge in [-0.2, -0.15) is 0 Å². The number of quaternary nitrogens is 1. The van der Waals surface area contributed by atoms with Gasteiger partial charge in [0, 0.05) is 21.3 Å². The Labute approximate surface area is 225 Å². The van der Waals surface area contributed by atoms with Crippen LogP contribution in [0.2, 0.25) is 5.54 Å². The molecule has 0 aliphatic heterocycles. The summed E-state index contributed by atoms with van der Waals surface area (Å²) in [6.45, 7) is 6.74. The predicted molar refractivity (Wildman–Crippen MR) is 150 cm³/mol. The smallest absolute Gasteiger partial charge is 0.508 e. The molecule has 8 nitrogen and oxygen atoms in total. The largest absolute Gasteiger partial charge is 0.726 e. The minimum atomic E-state index is -4.92. The molecule has 10 heteroatoms. The van der Waals surface area contributed by atoms with E-state index in [1.807, 2.05) is 0 Å².